The normalized spacial score (nSPS) is 16.1. The highest BCUT2D eigenvalue weighted by Gasteiger charge is 2.25. The smallest absolute Gasteiger partial charge is 0.193 e. The highest BCUT2D eigenvalue weighted by atomic mass is 127. The van der Waals surface area contributed by atoms with Crippen LogP contribution in [0.3, 0.4) is 0 Å². The van der Waals surface area contributed by atoms with Crippen molar-refractivity contribution >= 4 is 29.9 Å². The minimum Gasteiger partial charge on any atom is -0.376 e. The fourth-order valence-corrected chi connectivity index (χ4v) is 3.95. The summed E-state index contributed by atoms with van der Waals surface area (Å²) < 4.78 is 7.93. The van der Waals surface area contributed by atoms with Gasteiger partial charge in [-0.1, -0.05) is 60.7 Å². The zero-order chi connectivity index (χ0) is 21.3. The van der Waals surface area contributed by atoms with Gasteiger partial charge in [-0.3, -0.25) is 9.67 Å². The van der Waals surface area contributed by atoms with Crippen molar-refractivity contribution in [1.82, 2.24) is 20.0 Å². The topological polar surface area (TPSA) is 54.7 Å². The molecule has 2 heterocycles. The average molecular weight is 545 g/mol. The molecule has 1 saturated heterocycles. The van der Waals surface area contributed by atoms with Crippen molar-refractivity contribution in [2.45, 2.75) is 26.1 Å². The maximum Gasteiger partial charge on any atom is 0.193 e. The fourth-order valence-electron chi connectivity index (χ4n) is 3.95. The monoisotopic (exact) mass is 545 g/mol. The van der Waals surface area contributed by atoms with Gasteiger partial charge in [0.1, 0.15) is 0 Å². The quantitative estimate of drug-likeness (QED) is 0.263. The molecule has 0 saturated carbocycles. The van der Waals surface area contributed by atoms with Crippen LogP contribution in [0.1, 0.15) is 23.1 Å². The first-order valence-corrected chi connectivity index (χ1v) is 10.9. The van der Waals surface area contributed by atoms with E-state index in [-0.39, 0.29) is 24.0 Å². The summed E-state index contributed by atoms with van der Waals surface area (Å²) in [5, 5.41) is 7.98. The SMILES string of the molecule is CN=C(NCc1cnn(Cc2ccccc2)c1)N1CCC(COCc2ccccc2)C1.I. The highest BCUT2D eigenvalue weighted by molar-refractivity contribution is 14.0. The number of ether oxygens (including phenoxy) is 1. The van der Waals surface area contributed by atoms with Gasteiger partial charge in [-0.25, -0.2) is 0 Å². The van der Waals surface area contributed by atoms with E-state index in [2.05, 4.69) is 75.0 Å². The maximum absolute atomic E-state index is 5.95. The number of aliphatic imine (C=N–C) groups is 1. The highest BCUT2D eigenvalue weighted by Crippen LogP contribution is 2.17. The van der Waals surface area contributed by atoms with Crippen LogP contribution in [0.2, 0.25) is 0 Å². The average Bonchev–Trinajstić information content (AvgIpc) is 3.46. The predicted molar refractivity (Wildman–Crippen MR) is 139 cm³/mol. The minimum atomic E-state index is 0. The van der Waals surface area contributed by atoms with E-state index in [0.29, 0.717) is 19.1 Å². The number of nitrogens with zero attached hydrogens (tertiary/aromatic N) is 4. The lowest BCUT2D eigenvalue weighted by molar-refractivity contribution is 0.0906. The van der Waals surface area contributed by atoms with Gasteiger partial charge in [-0.05, 0) is 17.5 Å². The molecule has 1 aliphatic heterocycles. The molecule has 3 aromatic rings. The molecule has 0 aliphatic carbocycles. The third kappa shape index (κ3) is 7.06. The molecule has 1 aliphatic rings. The Morgan fingerprint density at radius 1 is 1.06 bits per heavy atom. The van der Waals surface area contributed by atoms with Crippen molar-refractivity contribution in [3.8, 4) is 0 Å². The van der Waals surface area contributed by atoms with Gasteiger partial charge in [-0.15, -0.1) is 24.0 Å². The molecule has 0 spiro atoms. The number of benzene rings is 2. The second-order valence-corrected chi connectivity index (χ2v) is 8.03. The van der Waals surface area contributed by atoms with Crippen molar-refractivity contribution in [2.24, 2.45) is 10.9 Å². The first-order valence-electron chi connectivity index (χ1n) is 10.9. The molecule has 1 atom stereocenters. The van der Waals surface area contributed by atoms with Crippen LogP contribution < -0.4 is 5.32 Å². The van der Waals surface area contributed by atoms with Crippen LogP contribution >= 0.6 is 24.0 Å². The summed E-state index contributed by atoms with van der Waals surface area (Å²) in [5.41, 5.74) is 3.63. The van der Waals surface area contributed by atoms with E-state index >= 15 is 0 Å². The number of aromatic nitrogens is 2. The Hall–Kier alpha value is -2.39. The molecule has 1 unspecified atom stereocenters. The van der Waals surface area contributed by atoms with Crippen molar-refractivity contribution < 1.29 is 4.74 Å². The summed E-state index contributed by atoms with van der Waals surface area (Å²) >= 11 is 0. The standard InChI is InChI=1S/C25H31N5O.HI/c1-26-25(27-14-24-15-28-30(18-24)17-21-8-4-2-5-9-21)29-13-12-23(16-29)20-31-19-22-10-6-3-7-11-22;/h2-11,15,18,23H,12-14,16-17,19-20H2,1H3,(H,26,27);1H. The molecular weight excluding hydrogens is 513 g/mol. The zero-order valence-corrected chi connectivity index (χ0v) is 20.9. The number of likely N-dealkylation sites (tertiary alicyclic amines) is 1. The first kappa shape index (κ1) is 24.3. The van der Waals surface area contributed by atoms with Crippen LogP contribution in [-0.4, -0.2) is 47.4 Å². The summed E-state index contributed by atoms with van der Waals surface area (Å²) in [4.78, 5) is 6.81. The number of hydrogen-bond donors (Lipinski definition) is 1. The summed E-state index contributed by atoms with van der Waals surface area (Å²) in [6.07, 6.45) is 5.15. The van der Waals surface area contributed by atoms with Crippen LogP contribution in [0.4, 0.5) is 0 Å². The van der Waals surface area contributed by atoms with E-state index in [0.717, 1.165) is 44.2 Å². The Kier molecular flexibility index (Phi) is 9.55. The zero-order valence-electron chi connectivity index (χ0n) is 18.6. The molecule has 6 nitrogen and oxygen atoms in total. The van der Waals surface area contributed by atoms with E-state index < -0.39 is 0 Å². The van der Waals surface area contributed by atoms with Gasteiger partial charge in [0.25, 0.3) is 0 Å². The minimum absolute atomic E-state index is 0. The maximum atomic E-state index is 5.95. The Morgan fingerprint density at radius 2 is 1.78 bits per heavy atom. The van der Waals surface area contributed by atoms with Gasteiger partial charge in [0.05, 0.1) is 26.0 Å². The second-order valence-electron chi connectivity index (χ2n) is 8.03. The Labute approximate surface area is 207 Å². The Morgan fingerprint density at radius 3 is 2.50 bits per heavy atom. The fraction of sp³-hybridized carbons (Fsp3) is 0.360. The van der Waals surface area contributed by atoms with E-state index in [1.165, 1.54) is 11.1 Å². The van der Waals surface area contributed by atoms with E-state index in [9.17, 15) is 0 Å². The van der Waals surface area contributed by atoms with Crippen LogP contribution in [0.15, 0.2) is 78.0 Å². The van der Waals surface area contributed by atoms with Gasteiger partial charge < -0.3 is 15.0 Å². The van der Waals surface area contributed by atoms with Crippen molar-refractivity contribution in [3.63, 3.8) is 0 Å². The first-order chi connectivity index (χ1) is 15.3. The Bertz CT molecular complexity index is 961. The van der Waals surface area contributed by atoms with Crippen LogP contribution in [0.25, 0.3) is 0 Å². The lowest BCUT2D eigenvalue weighted by Gasteiger charge is -2.21. The van der Waals surface area contributed by atoms with Crippen molar-refractivity contribution in [1.29, 1.82) is 0 Å². The largest absolute Gasteiger partial charge is 0.376 e. The molecule has 7 heteroatoms. The third-order valence-corrected chi connectivity index (χ3v) is 5.59. The van der Waals surface area contributed by atoms with Gasteiger partial charge in [0.15, 0.2) is 5.96 Å². The second kappa shape index (κ2) is 12.6. The molecular formula is C25H32IN5O. The molecule has 170 valence electrons. The van der Waals surface area contributed by atoms with Crippen LogP contribution in [0.5, 0.6) is 0 Å². The number of guanidine groups is 1. The lowest BCUT2D eigenvalue weighted by atomic mass is 10.1. The molecule has 1 aromatic heterocycles. The Balaban J connectivity index is 0.00000289. The molecule has 1 N–H and O–H groups in total. The lowest BCUT2D eigenvalue weighted by Crippen LogP contribution is -2.39. The molecule has 0 bridgehead atoms. The number of hydrogen-bond acceptors (Lipinski definition) is 3. The van der Waals surface area contributed by atoms with Gasteiger partial charge in [-0.2, -0.15) is 5.10 Å². The van der Waals surface area contributed by atoms with Crippen molar-refractivity contribution in [2.75, 3.05) is 26.7 Å². The number of nitrogens with one attached hydrogen (secondary N) is 1. The van der Waals surface area contributed by atoms with E-state index in [4.69, 9.17) is 4.74 Å². The van der Waals surface area contributed by atoms with Crippen LogP contribution in [-0.2, 0) is 24.4 Å². The third-order valence-electron chi connectivity index (χ3n) is 5.59. The predicted octanol–water partition coefficient (Wildman–Crippen LogP) is 4.16. The molecule has 1 fully saturated rings. The molecule has 0 amide bonds. The molecule has 32 heavy (non-hydrogen) atoms. The summed E-state index contributed by atoms with van der Waals surface area (Å²) in [7, 11) is 1.85. The van der Waals surface area contributed by atoms with Gasteiger partial charge in [0.2, 0.25) is 0 Å². The van der Waals surface area contributed by atoms with Crippen LogP contribution in [0, 0.1) is 5.92 Å². The summed E-state index contributed by atoms with van der Waals surface area (Å²) in [5.74, 6) is 1.48. The van der Waals surface area contributed by atoms with Crippen molar-refractivity contribution in [3.05, 3.63) is 89.7 Å². The molecule has 4 rings (SSSR count). The van der Waals surface area contributed by atoms with E-state index in [1.54, 1.807) is 0 Å². The summed E-state index contributed by atoms with van der Waals surface area (Å²) in [6, 6.07) is 20.7. The van der Waals surface area contributed by atoms with E-state index in [1.807, 2.05) is 30.1 Å². The van der Waals surface area contributed by atoms with Gasteiger partial charge in [0, 0.05) is 44.4 Å². The molecule has 0 radical (unpaired) electrons. The number of rotatable bonds is 8. The van der Waals surface area contributed by atoms with Gasteiger partial charge >= 0.3 is 0 Å². The summed E-state index contributed by atoms with van der Waals surface area (Å²) in [6.45, 7) is 4.94. The number of halogens is 1. The molecule has 2 aromatic carbocycles.